The van der Waals surface area contributed by atoms with E-state index in [4.69, 9.17) is 26.2 Å². The topological polar surface area (TPSA) is 161 Å². The summed E-state index contributed by atoms with van der Waals surface area (Å²) in [6.45, 7) is 1.79. The molecule has 4 atom stereocenters. The molecular formula is C13H19NO7. The smallest absolute Gasteiger partial charge is 0.335 e. The van der Waals surface area contributed by atoms with Gasteiger partial charge in [0.05, 0.1) is 6.10 Å². The normalized spacial score (nSPS) is 15.9. The summed E-state index contributed by atoms with van der Waals surface area (Å²) in [5.74, 6) is -3.54. The second-order valence-corrected chi connectivity index (χ2v) is 4.28. The molecular weight excluding hydrogens is 282 g/mol. The number of aliphatic hydroxyl groups is 3. The van der Waals surface area contributed by atoms with Crippen LogP contribution in [0.25, 0.3) is 0 Å². The number of carboxylic acid groups (broad SMARTS) is 2. The minimum absolute atomic E-state index is 0.211. The summed E-state index contributed by atoms with van der Waals surface area (Å²) in [6, 6.07) is 9.22. The molecule has 21 heavy (non-hydrogen) atoms. The first-order valence-electron chi connectivity index (χ1n) is 5.98. The predicted molar refractivity (Wildman–Crippen MR) is 72.3 cm³/mol. The van der Waals surface area contributed by atoms with Crippen LogP contribution in [0.4, 0.5) is 0 Å². The van der Waals surface area contributed by atoms with Crippen LogP contribution in [-0.2, 0) is 9.59 Å². The Kier molecular flexibility index (Phi) is 8.17. The monoisotopic (exact) mass is 301 g/mol. The van der Waals surface area contributed by atoms with Crippen LogP contribution in [0.2, 0.25) is 0 Å². The van der Waals surface area contributed by atoms with Crippen molar-refractivity contribution in [2.75, 3.05) is 0 Å². The molecule has 0 aliphatic carbocycles. The summed E-state index contributed by atoms with van der Waals surface area (Å²) in [4.78, 5) is 19.5. The van der Waals surface area contributed by atoms with E-state index in [0.717, 1.165) is 5.56 Å². The summed E-state index contributed by atoms with van der Waals surface area (Å²) in [6.07, 6.45) is -5.08. The SMILES string of the molecule is C[C@@H](N)[C@@H](O)c1ccccc1.O=C(O)C(O)C(O)C(=O)O. The fourth-order valence-corrected chi connectivity index (χ4v) is 1.22. The third kappa shape index (κ3) is 6.82. The van der Waals surface area contributed by atoms with Crippen LogP contribution in [0.3, 0.4) is 0 Å². The Bertz CT molecular complexity index is 431. The number of rotatable bonds is 5. The molecule has 0 aliphatic heterocycles. The molecule has 118 valence electrons. The Hall–Kier alpha value is -2.00. The van der Waals surface area contributed by atoms with E-state index in [1.807, 2.05) is 30.3 Å². The number of carboxylic acids is 2. The second-order valence-electron chi connectivity index (χ2n) is 4.28. The fourth-order valence-electron chi connectivity index (χ4n) is 1.22. The maximum Gasteiger partial charge on any atom is 0.335 e. The number of aliphatic hydroxyl groups excluding tert-OH is 3. The highest BCUT2D eigenvalue weighted by atomic mass is 16.4. The van der Waals surface area contributed by atoms with Crippen LogP contribution in [0.15, 0.2) is 30.3 Å². The number of aliphatic carboxylic acids is 2. The minimum Gasteiger partial charge on any atom is -0.479 e. The lowest BCUT2D eigenvalue weighted by Gasteiger charge is -2.13. The maximum absolute atomic E-state index is 9.77. The second kappa shape index (κ2) is 9.03. The van der Waals surface area contributed by atoms with Gasteiger partial charge in [0.15, 0.2) is 12.2 Å². The Morgan fingerprint density at radius 3 is 1.62 bits per heavy atom. The number of hydrogen-bond acceptors (Lipinski definition) is 6. The molecule has 7 N–H and O–H groups in total. The van der Waals surface area contributed by atoms with E-state index < -0.39 is 30.3 Å². The van der Waals surface area contributed by atoms with Crippen molar-refractivity contribution in [3.8, 4) is 0 Å². The molecule has 0 saturated heterocycles. The van der Waals surface area contributed by atoms with Gasteiger partial charge in [0, 0.05) is 6.04 Å². The molecule has 0 radical (unpaired) electrons. The van der Waals surface area contributed by atoms with Gasteiger partial charge in [-0.25, -0.2) is 9.59 Å². The first-order valence-corrected chi connectivity index (χ1v) is 5.98. The van der Waals surface area contributed by atoms with Gasteiger partial charge in [-0.3, -0.25) is 0 Å². The molecule has 0 spiro atoms. The highest BCUT2D eigenvalue weighted by Gasteiger charge is 2.29. The Morgan fingerprint density at radius 1 is 0.952 bits per heavy atom. The number of nitrogens with two attached hydrogens (primary N) is 1. The van der Waals surface area contributed by atoms with Gasteiger partial charge in [-0.2, -0.15) is 0 Å². The van der Waals surface area contributed by atoms with Crippen LogP contribution in [0.1, 0.15) is 18.6 Å². The highest BCUT2D eigenvalue weighted by Crippen LogP contribution is 2.13. The first-order chi connectivity index (χ1) is 9.68. The zero-order chi connectivity index (χ0) is 16.6. The summed E-state index contributed by atoms with van der Waals surface area (Å²) in [5, 5.41) is 42.0. The summed E-state index contributed by atoms with van der Waals surface area (Å²) < 4.78 is 0. The summed E-state index contributed by atoms with van der Waals surface area (Å²) in [5.41, 5.74) is 6.40. The zero-order valence-electron chi connectivity index (χ0n) is 11.3. The molecule has 2 unspecified atom stereocenters. The van der Waals surface area contributed by atoms with Crippen molar-refractivity contribution >= 4 is 11.9 Å². The Balaban J connectivity index is 0.000000384. The lowest BCUT2D eigenvalue weighted by molar-refractivity contribution is -0.165. The van der Waals surface area contributed by atoms with Gasteiger partial charge in [0.25, 0.3) is 0 Å². The largest absolute Gasteiger partial charge is 0.479 e. The lowest BCUT2D eigenvalue weighted by atomic mass is 10.0. The molecule has 0 bridgehead atoms. The molecule has 0 aromatic heterocycles. The molecule has 0 heterocycles. The van der Waals surface area contributed by atoms with E-state index in [2.05, 4.69) is 0 Å². The van der Waals surface area contributed by atoms with E-state index in [9.17, 15) is 14.7 Å². The maximum atomic E-state index is 9.77. The molecule has 1 aromatic carbocycles. The summed E-state index contributed by atoms with van der Waals surface area (Å²) >= 11 is 0. The Morgan fingerprint density at radius 2 is 1.33 bits per heavy atom. The van der Waals surface area contributed by atoms with Crippen molar-refractivity contribution in [1.82, 2.24) is 0 Å². The molecule has 1 aromatic rings. The van der Waals surface area contributed by atoms with E-state index in [1.165, 1.54) is 0 Å². The van der Waals surface area contributed by atoms with Crippen LogP contribution in [-0.4, -0.2) is 55.7 Å². The number of carbonyl (C=O) groups is 2. The van der Waals surface area contributed by atoms with Gasteiger partial charge < -0.3 is 31.3 Å². The van der Waals surface area contributed by atoms with Gasteiger partial charge in [0.1, 0.15) is 0 Å². The minimum atomic E-state index is -2.27. The summed E-state index contributed by atoms with van der Waals surface area (Å²) in [7, 11) is 0. The third-order valence-electron chi connectivity index (χ3n) is 2.44. The Labute approximate surface area is 121 Å². The van der Waals surface area contributed by atoms with E-state index in [1.54, 1.807) is 6.92 Å². The van der Waals surface area contributed by atoms with Gasteiger partial charge in [0.2, 0.25) is 0 Å². The van der Waals surface area contributed by atoms with Gasteiger partial charge in [-0.15, -0.1) is 0 Å². The fraction of sp³-hybridized carbons (Fsp3) is 0.385. The van der Waals surface area contributed by atoms with Crippen molar-refractivity contribution in [1.29, 1.82) is 0 Å². The predicted octanol–water partition coefficient (Wildman–Crippen LogP) is -1.06. The molecule has 1 rings (SSSR count). The van der Waals surface area contributed by atoms with E-state index in [0.29, 0.717) is 0 Å². The van der Waals surface area contributed by atoms with Crippen LogP contribution >= 0.6 is 0 Å². The van der Waals surface area contributed by atoms with Gasteiger partial charge in [-0.05, 0) is 12.5 Å². The van der Waals surface area contributed by atoms with Crippen LogP contribution < -0.4 is 5.73 Å². The zero-order valence-corrected chi connectivity index (χ0v) is 11.3. The van der Waals surface area contributed by atoms with E-state index in [-0.39, 0.29) is 6.04 Å². The number of hydrogen-bond donors (Lipinski definition) is 6. The highest BCUT2D eigenvalue weighted by molar-refractivity contribution is 5.83. The number of benzene rings is 1. The first kappa shape index (κ1) is 19.0. The lowest BCUT2D eigenvalue weighted by Crippen LogP contribution is -2.39. The van der Waals surface area contributed by atoms with Crippen LogP contribution in [0.5, 0.6) is 0 Å². The molecule has 0 aliphatic rings. The molecule has 0 amide bonds. The van der Waals surface area contributed by atoms with Crippen molar-refractivity contribution < 1.29 is 35.1 Å². The van der Waals surface area contributed by atoms with Crippen molar-refractivity contribution in [2.45, 2.75) is 31.3 Å². The van der Waals surface area contributed by atoms with Crippen molar-refractivity contribution in [3.05, 3.63) is 35.9 Å². The van der Waals surface area contributed by atoms with Gasteiger partial charge in [-0.1, -0.05) is 30.3 Å². The van der Waals surface area contributed by atoms with E-state index >= 15 is 0 Å². The third-order valence-corrected chi connectivity index (χ3v) is 2.44. The van der Waals surface area contributed by atoms with Gasteiger partial charge >= 0.3 is 11.9 Å². The van der Waals surface area contributed by atoms with Crippen molar-refractivity contribution in [2.24, 2.45) is 5.73 Å². The van der Waals surface area contributed by atoms with Crippen LogP contribution in [0, 0.1) is 0 Å². The molecule has 8 heteroatoms. The van der Waals surface area contributed by atoms with Crippen molar-refractivity contribution in [3.63, 3.8) is 0 Å². The standard InChI is InChI=1S/C9H13NO.C4H6O6/c1-7(10)9(11)8-5-3-2-4-6-8;5-1(3(7)8)2(6)4(9)10/h2-7,9,11H,10H2,1H3;1-2,5-6H,(H,7,8)(H,9,10)/t7-,9-;/m1./s1. The average molecular weight is 301 g/mol. The molecule has 0 saturated carbocycles. The molecule has 0 fully saturated rings. The molecule has 8 nitrogen and oxygen atoms in total. The quantitative estimate of drug-likeness (QED) is 0.401. The average Bonchev–Trinajstić information content (AvgIpc) is 2.46.